The molecule has 102 valence electrons. The van der Waals surface area contributed by atoms with E-state index in [1.165, 1.54) is 0 Å². The highest BCUT2D eigenvalue weighted by atomic mass is 19.4. The summed E-state index contributed by atoms with van der Waals surface area (Å²) in [4.78, 5) is 6.61. The second-order valence-electron chi connectivity index (χ2n) is 5.16. The van der Waals surface area contributed by atoms with Gasteiger partial charge in [0, 0.05) is 12.1 Å². The van der Waals surface area contributed by atoms with Gasteiger partial charge in [-0.2, -0.15) is 13.2 Å². The fourth-order valence-corrected chi connectivity index (χ4v) is 2.33. The largest absolute Gasteiger partial charge is 0.435 e. The smallest absolute Gasteiger partial charge is 0.345 e. The second kappa shape index (κ2) is 4.91. The number of rotatable bonds is 3. The third-order valence-electron chi connectivity index (χ3n) is 3.27. The van der Waals surface area contributed by atoms with Crippen molar-refractivity contribution in [3.8, 4) is 0 Å². The van der Waals surface area contributed by atoms with Gasteiger partial charge in [0.05, 0.1) is 0 Å². The lowest BCUT2D eigenvalue weighted by molar-refractivity contribution is -0.141. The van der Waals surface area contributed by atoms with Crippen molar-refractivity contribution in [2.24, 2.45) is 5.92 Å². The molecule has 1 fully saturated rings. The van der Waals surface area contributed by atoms with E-state index < -0.39 is 11.9 Å². The van der Waals surface area contributed by atoms with Crippen LogP contribution in [0.4, 0.5) is 13.2 Å². The first-order valence-electron chi connectivity index (χ1n) is 6.24. The van der Waals surface area contributed by atoms with E-state index in [9.17, 15) is 13.2 Å². The summed E-state index contributed by atoms with van der Waals surface area (Å²) in [6, 6.07) is 0. The van der Waals surface area contributed by atoms with Crippen LogP contribution in [0.3, 0.4) is 0 Å². The Morgan fingerprint density at radius 1 is 1.39 bits per heavy atom. The molecule has 18 heavy (non-hydrogen) atoms. The minimum Gasteiger partial charge on any atom is -0.345 e. The standard InChI is InChI=1S/C12H18F3N3/c1-7(2)10-11(12(13,14)15)18-9(17-10)5-8-3-4-16-6-8/h7-8,16H,3-6H2,1-2H3,(H,17,18). The van der Waals surface area contributed by atoms with Gasteiger partial charge in [0.2, 0.25) is 0 Å². The molecule has 1 saturated heterocycles. The highest BCUT2D eigenvalue weighted by molar-refractivity contribution is 5.21. The van der Waals surface area contributed by atoms with Gasteiger partial charge in [0.1, 0.15) is 5.82 Å². The molecule has 0 amide bonds. The fraction of sp³-hybridized carbons (Fsp3) is 0.750. The van der Waals surface area contributed by atoms with Crippen LogP contribution in [0.2, 0.25) is 0 Å². The van der Waals surface area contributed by atoms with Crippen LogP contribution < -0.4 is 5.32 Å². The molecule has 0 radical (unpaired) electrons. The van der Waals surface area contributed by atoms with Gasteiger partial charge < -0.3 is 10.3 Å². The second-order valence-corrected chi connectivity index (χ2v) is 5.16. The molecule has 0 spiro atoms. The number of aromatic amines is 1. The summed E-state index contributed by atoms with van der Waals surface area (Å²) in [7, 11) is 0. The summed E-state index contributed by atoms with van der Waals surface area (Å²) in [6.45, 7) is 5.28. The van der Waals surface area contributed by atoms with Crippen LogP contribution >= 0.6 is 0 Å². The van der Waals surface area contributed by atoms with Gasteiger partial charge in [0.15, 0.2) is 5.69 Å². The predicted molar refractivity (Wildman–Crippen MR) is 62.4 cm³/mol. The first-order valence-corrected chi connectivity index (χ1v) is 6.24. The lowest BCUT2D eigenvalue weighted by Crippen LogP contribution is -2.12. The fourth-order valence-electron chi connectivity index (χ4n) is 2.33. The Hall–Kier alpha value is -1.04. The van der Waals surface area contributed by atoms with Crippen LogP contribution in [0, 0.1) is 5.92 Å². The van der Waals surface area contributed by atoms with Crippen molar-refractivity contribution >= 4 is 0 Å². The lowest BCUT2D eigenvalue weighted by Gasteiger charge is -2.08. The number of imidazole rings is 1. The van der Waals surface area contributed by atoms with Gasteiger partial charge in [0.25, 0.3) is 0 Å². The Balaban J connectivity index is 2.21. The zero-order chi connectivity index (χ0) is 13.3. The summed E-state index contributed by atoms with van der Waals surface area (Å²) in [5.41, 5.74) is -0.554. The molecule has 2 heterocycles. The van der Waals surface area contributed by atoms with Crippen LogP contribution in [0.5, 0.6) is 0 Å². The molecular formula is C12H18F3N3. The maximum absolute atomic E-state index is 12.8. The molecule has 3 nitrogen and oxygen atoms in total. The Bertz CT molecular complexity index is 403. The molecule has 1 unspecified atom stereocenters. The quantitative estimate of drug-likeness (QED) is 0.878. The highest BCUT2D eigenvalue weighted by Crippen LogP contribution is 2.34. The number of aromatic nitrogens is 2. The van der Waals surface area contributed by atoms with Gasteiger partial charge >= 0.3 is 6.18 Å². The first kappa shape index (κ1) is 13.4. The van der Waals surface area contributed by atoms with Crippen molar-refractivity contribution in [1.82, 2.24) is 15.3 Å². The van der Waals surface area contributed by atoms with E-state index in [1.54, 1.807) is 13.8 Å². The molecule has 6 heteroatoms. The summed E-state index contributed by atoms with van der Waals surface area (Å²) in [5.74, 6) is 0.640. The predicted octanol–water partition coefficient (Wildman–Crippen LogP) is 2.70. The van der Waals surface area contributed by atoms with E-state index in [0.717, 1.165) is 19.5 Å². The van der Waals surface area contributed by atoms with Crippen molar-refractivity contribution in [2.45, 2.75) is 38.8 Å². The first-order chi connectivity index (χ1) is 8.38. The van der Waals surface area contributed by atoms with Gasteiger partial charge in [-0.15, -0.1) is 0 Å². The third kappa shape index (κ3) is 2.85. The molecule has 1 aliphatic heterocycles. The van der Waals surface area contributed by atoms with E-state index in [0.29, 0.717) is 18.2 Å². The summed E-state index contributed by atoms with van der Waals surface area (Å²) in [5, 5.41) is 3.20. The highest BCUT2D eigenvalue weighted by Gasteiger charge is 2.38. The van der Waals surface area contributed by atoms with E-state index in [-0.39, 0.29) is 11.6 Å². The average Bonchev–Trinajstić information content (AvgIpc) is 2.85. The molecule has 0 bridgehead atoms. The van der Waals surface area contributed by atoms with Gasteiger partial charge in [-0.05, 0) is 31.3 Å². The van der Waals surface area contributed by atoms with E-state index in [2.05, 4.69) is 15.3 Å². The zero-order valence-corrected chi connectivity index (χ0v) is 10.6. The Morgan fingerprint density at radius 3 is 2.56 bits per heavy atom. The SMILES string of the molecule is CC(C)c1[nH]c(CC2CCNC2)nc1C(F)(F)F. The van der Waals surface area contributed by atoms with Crippen LogP contribution in [0.15, 0.2) is 0 Å². The van der Waals surface area contributed by atoms with Crippen molar-refractivity contribution in [1.29, 1.82) is 0 Å². The molecule has 1 aromatic heterocycles. The lowest BCUT2D eigenvalue weighted by atomic mass is 10.1. The molecule has 1 aromatic rings. The Kier molecular flexibility index (Phi) is 3.66. The maximum atomic E-state index is 12.8. The maximum Gasteiger partial charge on any atom is 0.435 e. The minimum atomic E-state index is -4.37. The van der Waals surface area contributed by atoms with Gasteiger partial charge in [-0.1, -0.05) is 13.8 Å². The number of alkyl halides is 3. The molecule has 2 N–H and O–H groups in total. The van der Waals surface area contributed by atoms with Crippen LogP contribution in [0.25, 0.3) is 0 Å². The van der Waals surface area contributed by atoms with Crippen LogP contribution in [0.1, 0.15) is 43.4 Å². The number of halogens is 3. The molecule has 0 aromatic carbocycles. The van der Waals surface area contributed by atoms with Crippen LogP contribution in [-0.2, 0) is 12.6 Å². The number of hydrogen-bond donors (Lipinski definition) is 2. The molecule has 0 saturated carbocycles. The van der Waals surface area contributed by atoms with Gasteiger partial charge in [-0.25, -0.2) is 4.98 Å². The molecule has 0 aliphatic carbocycles. The third-order valence-corrected chi connectivity index (χ3v) is 3.27. The van der Waals surface area contributed by atoms with E-state index >= 15 is 0 Å². The zero-order valence-electron chi connectivity index (χ0n) is 10.6. The molecular weight excluding hydrogens is 243 g/mol. The molecule has 2 rings (SSSR count). The topological polar surface area (TPSA) is 40.7 Å². The Labute approximate surface area is 104 Å². The number of nitrogens with zero attached hydrogens (tertiary/aromatic N) is 1. The molecule has 1 atom stereocenters. The van der Waals surface area contributed by atoms with Crippen molar-refractivity contribution in [3.63, 3.8) is 0 Å². The monoisotopic (exact) mass is 261 g/mol. The Morgan fingerprint density at radius 2 is 2.11 bits per heavy atom. The number of nitrogens with one attached hydrogen (secondary N) is 2. The number of hydrogen-bond acceptors (Lipinski definition) is 2. The van der Waals surface area contributed by atoms with E-state index in [1.807, 2.05) is 0 Å². The van der Waals surface area contributed by atoms with Crippen molar-refractivity contribution < 1.29 is 13.2 Å². The normalized spacial score (nSPS) is 20.9. The van der Waals surface area contributed by atoms with Crippen molar-refractivity contribution in [3.05, 3.63) is 17.2 Å². The average molecular weight is 261 g/mol. The molecule has 1 aliphatic rings. The number of H-pyrrole nitrogens is 1. The van der Waals surface area contributed by atoms with Gasteiger partial charge in [-0.3, -0.25) is 0 Å². The van der Waals surface area contributed by atoms with Crippen LogP contribution in [-0.4, -0.2) is 23.1 Å². The summed E-state index contributed by atoms with van der Waals surface area (Å²) < 4.78 is 38.5. The minimum absolute atomic E-state index is 0.198. The van der Waals surface area contributed by atoms with Crippen molar-refractivity contribution in [2.75, 3.05) is 13.1 Å². The van der Waals surface area contributed by atoms with E-state index in [4.69, 9.17) is 0 Å². The summed E-state index contributed by atoms with van der Waals surface area (Å²) >= 11 is 0. The summed E-state index contributed by atoms with van der Waals surface area (Å²) in [6.07, 6.45) is -2.79.